The third-order valence-electron chi connectivity index (χ3n) is 3.72. The predicted molar refractivity (Wildman–Crippen MR) is 67.4 cm³/mol. The van der Waals surface area contributed by atoms with E-state index in [1.807, 2.05) is 6.92 Å². The largest absolute Gasteiger partial charge is 0.393 e. The molecule has 0 aromatic carbocycles. The van der Waals surface area contributed by atoms with Crippen molar-refractivity contribution in [1.82, 2.24) is 5.32 Å². The number of halogens is 3. The van der Waals surface area contributed by atoms with Crippen molar-refractivity contribution in [3.8, 4) is 0 Å². The molecule has 3 atom stereocenters. The van der Waals surface area contributed by atoms with Gasteiger partial charge < -0.3 is 11.1 Å². The lowest BCUT2D eigenvalue weighted by Crippen LogP contribution is -2.52. The van der Waals surface area contributed by atoms with E-state index in [1.54, 1.807) is 0 Å². The molecular weight excluding hydrogens is 257 g/mol. The van der Waals surface area contributed by atoms with E-state index in [-0.39, 0.29) is 6.42 Å². The Morgan fingerprint density at radius 2 is 2.00 bits per heavy atom. The Labute approximate surface area is 112 Å². The summed E-state index contributed by atoms with van der Waals surface area (Å²) in [6, 6.07) is -1.51. The Kier molecular flexibility index (Phi) is 6.10. The summed E-state index contributed by atoms with van der Waals surface area (Å²) in [7, 11) is 0. The zero-order valence-corrected chi connectivity index (χ0v) is 11.3. The van der Waals surface area contributed by atoms with Crippen LogP contribution in [0.25, 0.3) is 0 Å². The summed E-state index contributed by atoms with van der Waals surface area (Å²) in [6.07, 6.45) is -0.232. The molecule has 1 aliphatic rings. The molecule has 0 heterocycles. The lowest BCUT2D eigenvalue weighted by molar-refractivity contribution is -0.189. The molecule has 1 amide bonds. The van der Waals surface area contributed by atoms with Gasteiger partial charge in [-0.2, -0.15) is 13.2 Å². The van der Waals surface area contributed by atoms with Crippen LogP contribution in [0.1, 0.15) is 51.9 Å². The third-order valence-corrected chi connectivity index (χ3v) is 3.72. The Morgan fingerprint density at radius 3 is 2.58 bits per heavy atom. The topological polar surface area (TPSA) is 55.1 Å². The molecule has 1 fully saturated rings. The Bertz CT molecular complexity index is 294. The van der Waals surface area contributed by atoms with Crippen LogP contribution in [0.5, 0.6) is 0 Å². The van der Waals surface area contributed by atoms with Gasteiger partial charge in [0.1, 0.15) is 0 Å². The molecule has 0 aromatic rings. The second-order valence-corrected chi connectivity index (χ2v) is 5.30. The molecule has 1 rings (SSSR count). The highest BCUT2D eigenvalue weighted by Gasteiger charge is 2.46. The number of amides is 1. The number of alkyl halides is 3. The van der Waals surface area contributed by atoms with E-state index in [4.69, 9.17) is 5.73 Å². The molecule has 112 valence electrons. The molecular formula is C13H23F3N2O. The fourth-order valence-electron chi connectivity index (χ4n) is 2.54. The van der Waals surface area contributed by atoms with Gasteiger partial charge in [0.05, 0.1) is 12.0 Å². The predicted octanol–water partition coefficient (Wildman–Crippen LogP) is 2.74. The molecule has 0 aromatic heterocycles. The second-order valence-electron chi connectivity index (χ2n) is 5.30. The van der Waals surface area contributed by atoms with Crippen molar-refractivity contribution in [3.63, 3.8) is 0 Å². The lowest BCUT2D eigenvalue weighted by Gasteiger charge is -2.34. The number of hydrogen-bond acceptors (Lipinski definition) is 2. The minimum Gasteiger partial charge on any atom is -0.351 e. The van der Waals surface area contributed by atoms with Crippen LogP contribution in [0.2, 0.25) is 0 Å². The van der Waals surface area contributed by atoms with Crippen LogP contribution in [0.3, 0.4) is 0 Å². The van der Waals surface area contributed by atoms with Crippen LogP contribution in [0, 0.1) is 5.92 Å². The van der Waals surface area contributed by atoms with Gasteiger partial charge >= 0.3 is 6.18 Å². The van der Waals surface area contributed by atoms with Gasteiger partial charge in [0.25, 0.3) is 0 Å². The van der Waals surface area contributed by atoms with Crippen molar-refractivity contribution in [2.24, 2.45) is 11.7 Å². The fraction of sp³-hybridized carbons (Fsp3) is 0.923. The molecule has 0 saturated heterocycles. The Hall–Kier alpha value is -0.780. The van der Waals surface area contributed by atoms with E-state index in [9.17, 15) is 18.0 Å². The van der Waals surface area contributed by atoms with Gasteiger partial charge in [0.15, 0.2) is 0 Å². The first-order valence-corrected chi connectivity index (χ1v) is 6.99. The highest BCUT2D eigenvalue weighted by atomic mass is 19.4. The monoisotopic (exact) mass is 280 g/mol. The van der Waals surface area contributed by atoms with Gasteiger partial charge in [-0.1, -0.05) is 32.6 Å². The van der Waals surface area contributed by atoms with Gasteiger partial charge in [-0.05, 0) is 19.3 Å². The van der Waals surface area contributed by atoms with Crippen molar-refractivity contribution >= 4 is 5.91 Å². The highest BCUT2D eigenvalue weighted by molar-refractivity contribution is 5.81. The van der Waals surface area contributed by atoms with Crippen LogP contribution in [-0.4, -0.2) is 24.2 Å². The maximum absolute atomic E-state index is 12.9. The smallest absolute Gasteiger partial charge is 0.351 e. The number of nitrogens with two attached hydrogens (primary N) is 1. The quantitative estimate of drug-likeness (QED) is 0.813. The summed E-state index contributed by atoms with van der Waals surface area (Å²) in [6.45, 7) is 1.98. The molecule has 1 aliphatic carbocycles. The first kappa shape index (κ1) is 16.3. The third kappa shape index (κ3) is 5.01. The molecule has 2 unspecified atom stereocenters. The molecule has 1 saturated carbocycles. The maximum atomic E-state index is 12.9. The van der Waals surface area contributed by atoms with Gasteiger partial charge in [-0.15, -0.1) is 0 Å². The first-order valence-electron chi connectivity index (χ1n) is 6.99. The number of unbranched alkanes of at least 4 members (excludes halogenated alkanes) is 1. The summed E-state index contributed by atoms with van der Waals surface area (Å²) < 4.78 is 38.6. The van der Waals surface area contributed by atoms with E-state index in [0.717, 1.165) is 19.3 Å². The van der Waals surface area contributed by atoms with Crippen molar-refractivity contribution in [3.05, 3.63) is 0 Å². The summed E-state index contributed by atoms with van der Waals surface area (Å²) in [5.41, 5.74) is 5.68. The van der Waals surface area contributed by atoms with E-state index in [0.29, 0.717) is 19.3 Å². The van der Waals surface area contributed by atoms with Gasteiger partial charge in [-0.3, -0.25) is 4.79 Å². The summed E-state index contributed by atoms with van der Waals surface area (Å²) >= 11 is 0. The van der Waals surface area contributed by atoms with E-state index in [2.05, 4.69) is 5.32 Å². The van der Waals surface area contributed by atoms with Crippen LogP contribution < -0.4 is 11.1 Å². The zero-order valence-electron chi connectivity index (χ0n) is 11.3. The Morgan fingerprint density at radius 1 is 1.37 bits per heavy atom. The molecule has 3 N–H and O–H groups in total. The number of carbonyl (C=O) groups excluding carboxylic acids is 1. The van der Waals surface area contributed by atoms with Crippen LogP contribution in [0.15, 0.2) is 0 Å². The number of nitrogens with one attached hydrogen (secondary N) is 1. The first-order chi connectivity index (χ1) is 8.86. The van der Waals surface area contributed by atoms with E-state index < -0.39 is 30.1 Å². The second kappa shape index (κ2) is 7.12. The van der Waals surface area contributed by atoms with Gasteiger partial charge in [-0.25, -0.2) is 0 Å². The number of hydrogen-bond donors (Lipinski definition) is 2. The minimum absolute atomic E-state index is 0.0959. The molecule has 3 nitrogen and oxygen atoms in total. The molecule has 0 spiro atoms. The SMILES string of the molecule is CCCC[C@H](N)C(=O)NC1CCCCC1C(F)(F)F. The average Bonchev–Trinajstić information content (AvgIpc) is 2.35. The van der Waals surface area contributed by atoms with Crippen molar-refractivity contribution in [2.45, 2.75) is 70.1 Å². The van der Waals surface area contributed by atoms with Crippen molar-refractivity contribution in [2.75, 3.05) is 0 Å². The van der Waals surface area contributed by atoms with Crippen LogP contribution in [0.4, 0.5) is 13.2 Å². The van der Waals surface area contributed by atoms with Crippen LogP contribution >= 0.6 is 0 Å². The minimum atomic E-state index is -4.24. The number of rotatable bonds is 5. The highest BCUT2D eigenvalue weighted by Crippen LogP contribution is 2.37. The summed E-state index contributed by atoms with van der Waals surface area (Å²) in [5, 5.41) is 2.50. The Balaban J connectivity index is 2.55. The lowest BCUT2D eigenvalue weighted by atomic mass is 9.84. The molecule has 0 aliphatic heterocycles. The molecule has 0 radical (unpaired) electrons. The van der Waals surface area contributed by atoms with Crippen LogP contribution in [-0.2, 0) is 4.79 Å². The van der Waals surface area contributed by atoms with Crippen molar-refractivity contribution in [1.29, 1.82) is 0 Å². The fourth-order valence-corrected chi connectivity index (χ4v) is 2.54. The normalized spacial score (nSPS) is 25.9. The number of carbonyl (C=O) groups is 1. The molecule has 6 heteroatoms. The van der Waals surface area contributed by atoms with Gasteiger partial charge in [0, 0.05) is 6.04 Å². The maximum Gasteiger partial charge on any atom is 0.393 e. The van der Waals surface area contributed by atoms with E-state index in [1.165, 1.54) is 0 Å². The molecule has 0 bridgehead atoms. The van der Waals surface area contributed by atoms with Gasteiger partial charge in [0.2, 0.25) is 5.91 Å². The standard InChI is InChI=1S/C13H23F3N2O/c1-2-3-7-10(17)12(19)18-11-8-5-4-6-9(11)13(14,15)16/h9-11H,2-8,17H2,1H3,(H,18,19)/t9?,10-,11?/m0/s1. The zero-order chi connectivity index (χ0) is 14.5. The van der Waals surface area contributed by atoms with E-state index >= 15 is 0 Å². The van der Waals surface area contributed by atoms with Crippen molar-refractivity contribution < 1.29 is 18.0 Å². The summed E-state index contributed by atoms with van der Waals surface area (Å²) in [4.78, 5) is 11.8. The summed E-state index contributed by atoms with van der Waals surface area (Å²) in [5.74, 6) is -1.88. The average molecular weight is 280 g/mol. The molecule has 19 heavy (non-hydrogen) atoms.